The summed E-state index contributed by atoms with van der Waals surface area (Å²) in [5.41, 5.74) is 4.74. The Bertz CT molecular complexity index is 977. The number of carbonyl (C=O) groups is 1. The van der Waals surface area contributed by atoms with Gasteiger partial charge in [-0.15, -0.1) is 12.4 Å². The van der Waals surface area contributed by atoms with Crippen LogP contribution in [0.2, 0.25) is 0 Å². The molecule has 0 spiro atoms. The van der Waals surface area contributed by atoms with Gasteiger partial charge in [0.25, 0.3) is 0 Å². The smallest absolute Gasteiger partial charge is 0.449 e. The summed E-state index contributed by atoms with van der Waals surface area (Å²) >= 11 is 0. The van der Waals surface area contributed by atoms with Crippen LogP contribution in [0.3, 0.4) is 0 Å². The van der Waals surface area contributed by atoms with E-state index in [-0.39, 0.29) is 41.1 Å². The molecule has 0 amide bonds. The van der Waals surface area contributed by atoms with E-state index in [4.69, 9.17) is 10.8 Å². The van der Waals surface area contributed by atoms with E-state index >= 15 is 4.39 Å². The fourth-order valence-corrected chi connectivity index (χ4v) is 3.49. The lowest BCUT2D eigenvalue weighted by atomic mass is 10.1. The number of ether oxygens (including phenoxy) is 1. The van der Waals surface area contributed by atoms with E-state index in [2.05, 4.69) is 4.74 Å². The molecule has 2 heterocycles. The van der Waals surface area contributed by atoms with E-state index in [9.17, 15) is 14.0 Å². The van der Waals surface area contributed by atoms with Crippen LogP contribution >= 0.6 is 12.4 Å². The van der Waals surface area contributed by atoms with Crippen LogP contribution in [0.15, 0.2) is 17.1 Å². The van der Waals surface area contributed by atoms with Crippen molar-refractivity contribution in [1.29, 1.82) is 0 Å². The number of hydrogen-bond acceptors (Lipinski definition) is 5. The fraction of sp³-hybridized carbons (Fsp3) is 0.412. The summed E-state index contributed by atoms with van der Waals surface area (Å²) in [6.45, 7) is 0.752. The summed E-state index contributed by atoms with van der Waals surface area (Å²) in [6.07, 6.45) is 1.66. The minimum absolute atomic E-state index is 0. The summed E-state index contributed by atoms with van der Waals surface area (Å²) in [6, 6.07) is 0.706. The summed E-state index contributed by atoms with van der Waals surface area (Å²) in [5.74, 6) is -2.18. The molecule has 2 aromatic rings. The number of benzene rings is 1. The zero-order chi connectivity index (χ0) is 18.6. The van der Waals surface area contributed by atoms with Crippen molar-refractivity contribution in [3.8, 4) is 5.75 Å². The van der Waals surface area contributed by atoms with Gasteiger partial charge in [0, 0.05) is 25.2 Å². The molecule has 146 valence electrons. The van der Waals surface area contributed by atoms with Gasteiger partial charge in [0.1, 0.15) is 11.5 Å². The predicted octanol–water partition coefficient (Wildman–Crippen LogP) is 2.63. The first kappa shape index (κ1) is 19.4. The molecule has 1 atom stereocenters. The minimum Gasteiger partial charge on any atom is -0.449 e. The highest BCUT2D eigenvalue weighted by molar-refractivity contribution is 5.86. The summed E-state index contributed by atoms with van der Waals surface area (Å²) in [5, 5.41) is 8.56. The number of nitrogens with two attached hydrogens (primary N) is 1. The van der Waals surface area contributed by atoms with E-state index in [1.807, 2.05) is 0 Å². The van der Waals surface area contributed by atoms with Gasteiger partial charge in [-0.3, -0.25) is 4.79 Å². The molecule has 1 aromatic carbocycles. The molecule has 2 aliphatic rings. The Balaban J connectivity index is 0.00000210. The second-order valence-corrected chi connectivity index (χ2v) is 6.74. The van der Waals surface area contributed by atoms with Gasteiger partial charge in [-0.25, -0.2) is 13.6 Å². The van der Waals surface area contributed by atoms with Gasteiger partial charge in [0.15, 0.2) is 11.6 Å². The number of hydrogen-bond donors (Lipinski definition) is 2. The molecule has 7 nitrogen and oxygen atoms in total. The summed E-state index contributed by atoms with van der Waals surface area (Å²) in [4.78, 5) is 24.8. The van der Waals surface area contributed by atoms with E-state index in [0.717, 1.165) is 18.9 Å². The lowest BCUT2D eigenvalue weighted by Gasteiger charge is -2.22. The number of pyridine rings is 1. The molecule has 3 N–H and O–H groups in total. The quantitative estimate of drug-likeness (QED) is 0.767. The summed E-state index contributed by atoms with van der Waals surface area (Å²) < 4.78 is 35.9. The number of carboxylic acid groups (broad SMARTS) is 1. The first-order chi connectivity index (χ1) is 12.4. The maximum atomic E-state index is 15.3. The number of halogens is 3. The molecule has 1 saturated carbocycles. The van der Waals surface area contributed by atoms with Gasteiger partial charge in [-0.1, -0.05) is 0 Å². The third-order valence-electron chi connectivity index (χ3n) is 4.83. The molecular formula is C17H18ClF2N3O4. The molecule has 4 rings (SSSR count). The Labute approximate surface area is 158 Å². The second-order valence-electron chi connectivity index (χ2n) is 6.74. The van der Waals surface area contributed by atoms with Crippen molar-refractivity contribution in [3.63, 3.8) is 0 Å². The van der Waals surface area contributed by atoms with Crippen LogP contribution in [0.5, 0.6) is 5.75 Å². The lowest BCUT2D eigenvalue weighted by molar-refractivity contribution is 0.143. The van der Waals surface area contributed by atoms with Crippen molar-refractivity contribution in [1.82, 2.24) is 4.57 Å². The molecule has 1 aliphatic carbocycles. The van der Waals surface area contributed by atoms with Crippen molar-refractivity contribution in [3.05, 3.63) is 34.1 Å². The molecule has 2 fully saturated rings. The van der Waals surface area contributed by atoms with E-state index in [1.54, 1.807) is 0 Å². The van der Waals surface area contributed by atoms with Gasteiger partial charge >= 0.3 is 6.16 Å². The van der Waals surface area contributed by atoms with E-state index in [1.165, 1.54) is 15.7 Å². The first-order valence-corrected chi connectivity index (χ1v) is 8.35. The zero-order valence-corrected chi connectivity index (χ0v) is 15.0. The summed E-state index contributed by atoms with van der Waals surface area (Å²) in [7, 11) is 0. The third kappa shape index (κ3) is 3.32. The molecule has 1 unspecified atom stereocenters. The van der Waals surface area contributed by atoms with Crippen LogP contribution in [0.4, 0.5) is 19.3 Å². The Kier molecular flexibility index (Phi) is 5.00. The van der Waals surface area contributed by atoms with Crippen molar-refractivity contribution in [2.75, 3.05) is 18.0 Å². The lowest BCUT2D eigenvalue weighted by Crippen LogP contribution is -2.28. The maximum absolute atomic E-state index is 15.3. The molecule has 0 bridgehead atoms. The van der Waals surface area contributed by atoms with Crippen LogP contribution in [0, 0.1) is 11.6 Å². The highest BCUT2D eigenvalue weighted by Gasteiger charge is 2.32. The number of aromatic nitrogens is 1. The first-order valence-electron chi connectivity index (χ1n) is 8.35. The molecule has 0 radical (unpaired) electrons. The molecule has 1 saturated heterocycles. The van der Waals surface area contributed by atoms with Gasteiger partial charge < -0.3 is 25.0 Å². The number of nitrogens with zero attached hydrogens (tertiary/aromatic N) is 2. The van der Waals surface area contributed by atoms with Crippen LogP contribution in [-0.2, 0) is 0 Å². The Morgan fingerprint density at radius 1 is 1.30 bits per heavy atom. The number of fused-ring (bicyclic) bond motifs is 1. The second kappa shape index (κ2) is 6.97. The topological polar surface area (TPSA) is 97.8 Å². The van der Waals surface area contributed by atoms with Crippen molar-refractivity contribution >= 4 is 35.2 Å². The SMILES string of the molecule is Cl.NC1CCN(c2c(F)cc3c(=O)c(OC(=O)O)cn(C4CC4)c3c2F)C1. The van der Waals surface area contributed by atoms with E-state index < -0.39 is 29.0 Å². The van der Waals surface area contributed by atoms with Gasteiger partial charge in [-0.2, -0.15) is 0 Å². The van der Waals surface area contributed by atoms with Crippen LogP contribution in [0.25, 0.3) is 10.9 Å². The van der Waals surface area contributed by atoms with E-state index in [0.29, 0.717) is 19.5 Å². The third-order valence-corrected chi connectivity index (χ3v) is 4.83. The van der Waals surface area contributed by atoms with Gasteiger partial charge in [-0.05, 0) is 25.3 Å². The normalized spacial score (nSPS) is 19.2. The Morgan fingerprint density at radius 3 is 2.56 bits per heavy atom. The number of rotatable bonds is 3. The van der Waals surface area contributed by atoms with Crippen LogP contribution in [-0.4, -0.2) is 35.0 Å². The van der Waals surface area contributed by atoms with Crippen molar-refractivity contribution < 1.29 is 23.4 Å². The number of anilines is 1. The van der Waals surface area contributed by atoms with Crippen molar-refractivity contribution in [2.24, 2.45) is 5.73 Å². The fourth-order valence-electron chi connectivity index (χ4n) is 3.49. The molecule has 1 aromatic heterocycles. The molecule has 10 heteroatoms. The highest BCUT2D eigenvalue weighted by Crippen LogP contribution is 2.40. The zero-order valence-electron chi connectivity index (χ0n) is 14.2. The predicted molar refractivity (Wildman–Crippen MR) is 97.1 cm³/mol. The monoisotopic (exact) mass is 401 g/mol. The minimum atomic E-state index is -1.66. The average molecular weight is 402 g/mol. The largest absolute Gasteiger partial charge is 0.511 e. The maximum Gasteiger partial charge on any atom is 0.511 e. The van der Waals surface area contributed by atoms with Crippen molar-refractivity contribution in [2.45, 2.75) is 31.3 Å². The van der Waals surface area contributed by atoms with Gasteiger partial charge in [0.05, 0.1) is 17.1 Å². The van der Waals surface area contributed by atoms with Crippen LogP contribution in [0.1, 0.15) is 25.3 Å². The van der Waals surface area contributed by atoms with Crippen LogP contribution < -0.4 is 20.8 Å². The Hall–Kier alpha value is -2.39. The molecule has 1 aliphatic heterocycles. The average Bonchev–Trinajstić information content (AvgIpc) is 3.32. The molecular weight excluding hydrogens is 384 g/mol. The molecule has 27 heavy (non-hydrogen) atoms. The van der Waals surface area contributed by atoms with Gasteiger partial charge in [0.2, 0.25) is 5.43 Å². The highest BCUT2D eigenvalue weighted by atomic mass is 35.5. The Morgan fingerprint density at radius 2 is 2.00 bits per heavy atom. The standard InChI is InChI=1S/C17H17F2N3O4.ClH/c18-11-5-10-14(13(19)15(11)21-4-3-8(20)6-21)22(9-1-2-9)7-12(16(10)23)26-17(24)25;/h5,7-9H,1-4,6,20H2,(H,24,25);1H.